The minimum atomic E-state index is -1.17. The third kappa shape index (κ3) is 49.8. The molecule has 0 aliphatic rings. The molecule has 46 heavy (non-hydrogen) atoms. The average Bonchev–Trinajstić information content (AvgIpc) is 2.97. The van der Waals surface area contributed by atoms with Crippen LogP contribution in [0.3, 0.4) is 0 Å². The Morgan fingerprint density at radius 1 is 0.326 bits per heavy atom. The molecule has 0 amide bonds. The first-order chi connectivity index (χ1) is 20.6. The molecule has 0 aliphatic heterocycles. The first-order valence-corrected chi connectivity index (χ1v) is 18.6. The Morgan fingerprint density at radius 3 is 0.696 bits per heavy atom. The van der Waals surface area contributed by atoms with Crippen LogP contribution in [0.4, 0.5) is 4.79 Å². The summed E-state index contributed by atoms with van der Waals surface area (Å²) in [7, 11) is 0. The second-order valence-corrected chi connectivity index (χ2v) is 12.6. The fourth-order valence-corrected chi connectivity index (χ4v) is 5.59. The summed E-state index contributed by atoms with van der Waals surface area (Å²) in [6.07, 6.45) is 37.0. The van der Waals surface area contributed by atoms with Crippen molar-refractivity contribution in [2.24, 2.45) is 0 Å². The minimum absolute atomic E-state index is 0. The zero-order chi connectivity index (χ0) is 30.8. The molecule has 5 nitrogen and oxygen atoms in total. The van der Waals surface area contributed by atoms with E-state index in [4.69, 9.17) is 0 Å². The molecular formula is C37H78Ca4O5. The first kappa shape index (κ1) is 58.9. The van der Waals surface area contributed by atoms with Crippen LogP contribution < -0.4 is 0 Å². The Balaban J connectivity index is -0.000000127. The van der Waals surface area contributed by atoms with Crippen molar-refractivity contribution in [3.63, 3.8) is 0 Å². The van der Waals surface area contributed by atoms with E-state index in [-0.39, 0.29) is 175 Å². The SMILES string of the molecule is CCCCCCCCCCCCCCCCCC(=O)OC(=O)OC(=O)CCCCCCCCCCCCCCCCC.[Ca+2].[Ca+2].[Ca+2].[Ca+2].[H-].[H-].[H-].[H-].[H-].[H-].[H-].[H-]. The third-order valence-corrected chi connectivity index (χ3v) is 8.36. The molecule has 0 saturated heterocycles. The van der Waals surface area contributed by atoms with Crippen LogP contribution >= 0.6 is 0 Å². The molecule has 0 atom stereocenters. The summed E-state index contributed by atoms with van der Waals surface area (Å²) < 4.78 is 9.30. The Kier molecular flexibility index (Phi) is 65.0. The largest absolute Gasteiger partial charge is 2.00 e. The molecule has 264 valence electrons. The zero-order valence-corrected chi connectivity index (χ0v) is 39.8. The number of carbonyl (C=O) groups is 3. The van der Waals surface area contributed by atoms with Crippen LogP contribution in [-0.2, 0) is 19.1 Å². The van der Waals surface area contributed by atoms with Crippen molar-refractivity contribution in [2.75, 3.05) is 0 Å². The maximum atomic E-state index is 11.8. The number of rotatable bonds is 32. The molecule has 0 spiro atoms. The maximum Gasteiger partial charge on any atom is 2.00 e. The van der Waals surface area contributed by atoms with E-state index in [9.17, 15) is 14.4 Å². The number of hydrogen-bond acceptors (Lipinski definition) is 5. The molecule has 0 aromatic heterocycles. The molecule has 0 rings (SSSR count). The van der Waals surface area contributed by atoms with E-state index in [0.29, 0.717) is 12.8 Å². The Morgan fingerprint density at radius 2 is 0.500 bits per heavy atom. The molecule has 0 unspecified atom stereocenters. The summed E-state index contributed by atoms with van der Waals surface area (Å²) in [6.45, 7) is 4.53. The van der Waals surface area contributed by atoms with Gasteiger partial charge in [0.2, 0.25) is 0 Å². The van der Waals surface area contributed by atoms with Crippen molar-refractivity contribution in [1.29, 1.82) is 0 Å². The van der Waals surface area contributed by atoms with Crippen molar-refractivity contribution in [2.45, 2.75) is 219 Å². The van der Waals surface area contributed by atoms with Gasteiger partial charge in [0.25, 0.3) is 0 Å². The van der Waals surface area contributed by atoms with Crippen LogP contribution in [0.1, 0.15) is 231 Å². The summed E-state index contributed by atoms with van der Waals surface area (Å²) in [5.41, 5.74) is 0. The van der Waals surface area contributed by atoms with Crippen molar-refractivity contribution in [1.82, 2.24) is 0 Å². The van der Waals surface area contributed by atoms with Crippen LogP contribution in [0, 0.1) is 0 Å². The number of carbonyl (C=O) groups excluding carboxylic acids is 3. The van der Waals surface area contributed by atoms with E-state index in [2.05, 4.69) is 23.3 Å². The van der Waals surface area contributed by atoms with E-state index in [1.54, 1.807) is 0 Å². The number of ether oxygens (including phenoxy) is 2. The quantitative estimate of drug-likeness (QED) is 0.0295. The summed E-state index contributed by atoms with van der Waals surface area (Å²) in [6, 6.07) is 0. The van der Waals surface area contributed by atoms with E-state index < -0.39 is 18.1 Å². The molecular weight excluding hydrogens is 685 g/mol. The van der Waals surface area contributed by atoms with E-state index in [0.717, 1.165) is 25.7 Å². The van der Waals surface area contributed by atoms with Crippen LogP contribution in [0.5, 0.6) is 0 Å². The van der Waals surface area contributed by atoms with Gasteiger partial charge in [-0.25, -0.2) is 4.79 Å². The van der Waals surface area contributed by atoms with Gasteiger partial charge in [0, 0.05) is 12.8 Å². The number of unbranched alkanes of at least 4 members (excludes halogenated alkanes) is 28. The summed E-state index contributed by atoms with van der Waals surface area (Å²) >= 11 is 0. The Labute approximate surface area is 417 Å². The van der Waals surface area contributed by atoms with Gasteiger partial charge in [0.1, 0.15) is 0 Å². The second-order valence-electron chi connectivity index (χ2n) is 12.6. The molecule has 0 aliphatic carbocycles. The topological polar surface area (TPSA) is 69.7 Å². The van der Waals surface area contributed by atoms with Crippen LogP contribution in [0.25, 0.3) is 0 Å². The van der Waals surface area contributed by atoms with Gasteiger partial charge < -0.3 is 20.9 Å². The summed E-state index contributed by atoms with van der Waals surface area (Å²) in [5, 5.41) is 0. The summed E-state index contributed by atoms with van der Waals surface area (Å²) in [5.74, 6) is -1.20. The van der Waals surface area contributed by atoms with E-state index in [1.807, 2.05) is 0 Å². The predicted octanol–water partition coefficient (Wildman–Crippen LogP) is 12.1. The molecule has 0 radical (unpaired) electrons. The monoisotopic (exact) mass is 762 g/mol. The maximum absolute atomic E-state index is 11.8. The fraction of sp³-hybridized carbons (Fsp3) is 0.919. The van der Waals surface area contributed by atoms with Crippen molar-refractivity contribution in [3.05, 3.63) is 0 Å². The van der Waals surface area contributed by atoms with Crippen molar-refractivity contribution >= 4 is 169 Å². The predicted molar refractivity (Wildman–Crippen MR) is 209 cm³/mol. The Bertz CT molecular complexity index is 605. The Hall–Kier alpha value is 3.65. The van der Waals surface area contributed by atoms with Crippen LogP contribution in [0.2, 0.25) is 0 Å². The summed E-state index contributed by atoms with van der Waals surface area (Å²) in [4.78, 5) is 35.4. The van der Waals surface area contributed by atoms with Gasteiger partial charge in [-0.1, -0.05) is 194 Å². The molecule has 0 saturated carbocycles. The van der Waals surface area contributed by atoms with Crippen LogP contribution in [-0.4, -0.2) is 169 Å². The van der Waals surface area contributed by atoms with Gasteiger partial charge in [0.05, 0.1) is 0 Å². The van der Waals surface area contributed by atoms with Crippen molar-refractivity contribution < 1.29 is 35.3 Å². The molecule has 0 N–H and O–H groups in total. The first-order valence-electron chi connectivity index (χ1n) is 18.6. The van der Waals surface area contributed by atoms with Crippen LogP contribution in [0.15, 0.2) is 0 Å². The smallest absolute Gasteiger partial charge is 1.00 e. The van der Waals surface area contributed by atoms with Gasteiger partial charge >= 0.3 is 169 Å². The van der Waals surface area contributed by atoms with Gasteiger partial charge in [-0.2, -0.15) is 0 Å². The fourth-order valence-electron chi connectivity index (χ4n) is 5.59. The molecule has 9 heteroatoms. The standard InChI is InChI=1S/C37H70O5.4Ca.8H/c1-3-5-7-9-11-13-15-17-19-21-23-25-27-29-31-33-35(38)41-37(40)42-36(39)34-32-30-28-26-24-22-20-18-16-14-12-10-8-6-4-2;;;;;;;;;;;;/h3-34H2,1-2H3;;;;;;;;;;;;/q;4*+2;8*-1. The molecule has 0 heterocycles. The van der Waals surface area contributed by atoms with Gasteiger partial charge in [-0.15, -0.1) is 0 Å². The normalized spacial score (nSPS) is 10.1. The zero-order valence-electron chi connectivity index (χ0n) is 39.0. The molecule has 0 bridgehead atoms. The molecule has 0 aromatic carbocycles. The van der Waals surface area contributed by atoms with Gasteiger partial charge in [-0.05, 0) is 12.8 Å². The van der Waals surface area contributed by atoms with Crippen molar-refractivity contribution in [3.8, 4) is 0 Å². The average molecular weight is 763 g/mol. The second kappa shape index (κ2) is 50.8. The minimum Gasteiger partial charge on any atom is -1.00 e. The molecule has 0 aromatic rings. The number of hydrogen-bond donors (Lipinski definition) is 0. The van der Waals surface area contributed by atoms with Gasteiger partial charge in [0.15, 0.2) is 0 Å². The van der Waals surface area contributed by atoms with E-state index in [1.165, 1.54) is 154 Å². The third-order valence-electron chi connectivity index (χ3n) is 8.36. The van der Waals surface area contributed by atoms with Gasteiger partial charge in [-0.3, -0.25) is 9.59 Å². The number of esters is 2. The molecule has 0 fully saturated rings. The van der Waals surface area contributed by atoms with E-state index >= 15 is 0 Å².